The van der Waals surface area contributed by atoms with Gasteiger partial charge in [-0.2, -0.15) is 5.10 Å². The molecule has 6 nitrogen and oxygen atoms in total. The highest BCUT2D eigenvalue weighted by molar-refractivity contribution is 5.28. The van der Waals surface area contributed by atoms with E-state index in [4.69, 9.17) is 9.72 Å². The summed E-state index contributed by atoms with van der Waals surface area (Å²) in [4.78, 5) is 7.33. The molecule has 1 aliphatic rings. The molecule has 0 N–H and O–H groups in total. The van der Waals surface area contributed by atoms with Gasteiger partial charge in [-0.3, -0.25) is 9.58 Å². The number of methoxy groups -OCH3 is 1. The standard InChI is InChI=1S/C21H27N5O/c1-16-11-22-21(26(16)15-17-6-8-19(27-3)9-7-17)20-5-4-10-25(20)14-18-12-23-24(2)13-18/h6-9,11-13,20H,4-5,10,14-15H2,1-3H3. The van der Waals surface area contributed by atoms with Crippen molar-refractivity contribution in [3.8, 4) is 5.75 Å². The van der Waals surface area contributed by atoms with Crippen molar-refractivity contribution in [3.63, 3.8) is 0 Å². The van der Waals surface area contributed by atoms with E-state index in [0.29, 0.717) is 6.04 Å². The van der Waals surface area contributed by atoms with Gasteiger partial charge in [-0.1, -0.05) is 12.1 Å². The summed E-state index contributed by atoms with van der Waals surface area (Å²) in [5.74, 6) is 2.06. The van der Waals surface area contributed by atoms with E-state index in [0.717, 1.165) is 31.8 Å². The zero-order chi connectivity index (χ0) is 18.8. The third-order valence-corrected chi connectivity index (χ3v) is 5.39. The Balaban J connectivity index is 1.56. The molecular weight excluding hydrogens is 338 g/mol. The van der Waals surface area contributed by atoms with Crippen LogP contribution in [0.5, 0.6) is 5.75 Å². The molecular formula is C21H27N5O. The van der Waals surface area contributed by atoms with E-state index in [2.05, 4.69) is 39.8 Å². The van der Waals surface area contributed by atoms with Crippen molar-refractivity contribution in [1.29, 1.82) is 0 Å². The lowest BCUT2D eigenvalue weighted by Crippen LogP contribution is -2.25. The molecule has 142 valence electrons. The first-order chi connectivity index (χ1) is 13.1. The lowest BCUT2D eigenvalue weighted by molar-refractivity contribution is 0.235. The summed E-state index contributed by atoms with van der Waals surface area (Å²) in [6.07, 6.45) is 8.42. The van der Waals surface area contributed by atoms with E-state index in [1.54, 1.807) is 7.11 Å². The molecule has 2 aromatic heterocycles. The van der Waals surface area contributed by atoms with E-state index in [-0.39, 0.29) is 0 Å². The number of nitrogens with zero attached hydrogens (tertiary/aromatic N) is 5. The first-order valence-electron chi connectivity index (χ1n) is 9.50. The number of rotatable bonds is 6. The third-order valence-electron chi connectivity index (χ3n) is 5.39. The minimum Gasteiger partial charge on any atom is -0.497 e. The topological polar surface area (TPSA) is 48.1 Å². The highest BCUT2D eigenvalue weighted by Gasteiger charge is 2.30. The van der Waals surface area contributed by atoms with Gasteiger partial charge in [0.05, 0.1) is 19.3 Å². The molecule has 6 heteroatoms. The van der Waals surface area contributed by atoms with Crippen LogP contribution in [-0.2, 0) is 20.1 Å². The Morgan fingerprint density at radius 3 is 2.63 bits per heavy atom. The Morgan fingerprint density at radius 2 is 1.93 bits per heavy atom. The summed E-state index contributed by atoms with van der Waals surface area (Å²) in [7, 11) is 3.67. The van der Waals surface area contributed by atoms with Crippen LogP contribution in [0, 0.1) is 6.92 Å². The van der Waals surface area contributed by atoms with Gasteiger partial charge >= 0.3 is 0 Å². The van der Waals surface area contributed by atoms with Gasteiger partial charge < -0.3 is 9.30 Å². The first-order valence-corrected chi connectivity index (χ1v) is 9.50. The summed E-state index contributed by atoms with van der Waals surface area (Å²) in [6.45, 7) is 5.00. The predicted molar refractivity (Wildman–Crippen MR) is 105 cm³/mol. The van der Waals surface area contributed by atoms with Crippen LogP contribution < -0.4 is 4.74 Å². The lowest BCUT2D eigenvalue weighted by Gasteiger charge is -2.24. The third kappa shape index (κ3) is 3.76. The van der Waals surface area contributed by atoms with E-state index in [1.807, 2.05) is 36.3 Å². The molecule has 1 fully saturated rings. The fourth-order valence-electron chi connectivity index (χ4n) is 3.96. The maximum atomic E-state index is 5.27. The number of hydrogen-bond donors (Lipinski definition) is 0. The zero-order valence-electron chi connectivity index (χ0n) is 16.3. The Morgan fingerprint density at radius 1 is 1.11 bits per heavy atom. The Bertz CT molecular complexity index is 896. The van der Waals surface area contributed by atoms with Gasteiger partial charge in [0.25, 0.3) is 0 Å². The Labute approximate surface area is 160 Å². The molecule has 1 saturated heterocycles. The second-order valence-corrected chi connectivity index (χ2v) is 7.34. The van der Waals surface area contributed by atoms with E-state index in [1.165, 1.54) is 29.1 Å². The van der Waals surface area contributed by atoms with Gasteiger partial charge in [0.1, 0.15) is 11.6 Å². The van der Waals surface area contributed by atoms with Crippen molar-refractivity contribution in [1.82, 2.24) is 24.2 Å². The minimum absolute atomic E-state index is 0.358. The second-order valence-electron chi connectivity index (χ2n) is 7.34. The number of benzene rings is 1. The smallest absolute Gasteiger partial charge is 0.126 e. The van der Waals surface area contributed by atoms with Crippen LogP contribution in [-0.4, -0.2) is 37.9 Å². The van der Waals surface area contributed by atoms with Crippen molar-refractivity contribution >= 4 is 0 Å². The van der Waals surface area contributed by atoms with Crippen LogP contribution in [0.2, 0.25) is 0 Å². The predicted octanol–water partition coefficient (Wildman–Crippen LogP) is 3.32. The lowest BCUT2D eigenvalue weighted by atomic mass is 10.1. The van der Waals surface area contributed by atoms with Crippen molar-refractivity contribution in [3.05, 3.63) is 65.5 Å². The minimum atomic E-state index is 0.358. The van der Waals surface area contributed by atoms with Crippen molar-refractivity contribution in [2.45, 2.75) is 38.9 Å². The van der Waals surface area contributed by atoms with Crippen LogP contribution in [0.15, 0.2) is 42.9 Å². The second kappa shape index (κ2) is 7.56. The SMILES string of the molecule is COc1ccc(Cn2c(C)cnc2C2CCCN2Cc2cnn(C)c2)cc1. The van der Waals surface area contributed by atoms with Crippen molar-refractivity contribution in [2.24, 2.45) is 7.05 Å². The fourth-order valence-corrected chi connectivity index (χ4v) is 3.96. The van der Waals surface area contributed by atoms with Crippen LogP contribution >= 0.6 is 0 Å². The van der Waals surface area contributed by atoms with Gasteiger partial charge in [0.2, 0.25) is 0 Å². The molecule has 27 heavy (non-hydrogen) atoms. The molecule has 0 amide bonds. The summed E-state index contributed by atoms with van der Waals surface area (Å²) in [5.41, 5.74) is 3.72. The molecule has 1 aromatic carbocycles. The van der Waals surface area contributed by atoms with Crippen molar-refractivity contribution in [2.75, 3.05) is 13.7 Å². The van der Waals surface area contributed by atoms with E-state index >= 15 is 0 Å². The molecule has 0 bridgehead atoms. The molecule has 1 aliphatic heterocycles. The number of likely N-dealkylation sites (tertiary alicyclic amines) is 1. The van der Waals surface area contributed by atoms with Crippen LogP contribution in [0.25, 0.3) is 0 Å². The van der Waals surface area contributed by atoms with Gasteiger partial charge in [0.15, 0.2) is 0 Å². The van der Waals surface area contributed by atoms with Crippen LogP contribution in [0.1, 0.15) is 41.5 Å². The molecule has 0 saturated carbocycles. The van der Waals surface area contributed by atoms with E-state index < -0.39 is 0 Å². The highest BCUT2D eigenvalue weighted by Crippen LogP contribution is 2.33. The largest absolute Gasteiger partial charge is 0.497 e. The average Bonchev–Trinajstić information content (AvgIpc) is 3.38. The zero-order valence-corrected chi connectivity index (χ0v) is 16.3. The molecule has 0 aliphatic carbocycles. The summed E-state index contributed by atoms with van der Waals surface area (Å²) < 4.78 is 9.50. The van der Waals surface area contributed by atoms with Gasteiger partial charge in [-0.15, -0.1) is 0 Å². The number of hydrogen-bond acceptors (Lipinski definition) is 4. The number of ether oxygens (including phenoxy) is 1. The molecule has 3 heterocycles. The molecule has 1 unspecified atom stereocenters. The molecule has 4 rings (SSSR count). The summed E-state index contributed by atoms with van der Waals surface area (Å²) >= 11 is 0. The van der Waals surface area contributed by atoms with E-state index in [9.17, 15) is 0 Å². The quantitative estimate of drug-likeness (QED) is 0.672. The molecule has 1 atom stereocenters. The Kier molecular flexibility index (Phi) is 4.99. The maximum Gasteiger partial charge on any atom is 0.126 e. The molecule has 0 spiro atoms. The Hall–Kier alpha value is -2.60. The fraction of sp³-hybridized carbons (Fsp3) is 0.429. The first kappa shape index (κ1) is 17.8. The number of imidazole rings is 1. The van der Waals surface area contributed by atoms with Crippen LogP contribution in [0.3, 0.4) is 0 Å². The number of aromatic nitrogens is 4. The normalized spacial score (nSPS) is 17.5. The summed E-state index contributed by atoms with van der Waals surface area (Å²) in [6, 6.07) is 8.66. The van der Waals surface area contributed by atoms with Gasteiger partial charge in [-0.05, 0) is 44.0 Å². The van der Waals surface area contributed by atoms with Crippen molar-refractivity contribution < 1.29 is 4.74 Å². The molecule has 3 aromatic rings. The maximum absolute atomic E-state index is 5.27. The highest BCUT2D eigenvalue weighted by atomic mass is 16.5. The van der Waals surface area contributed by atoms with Crippen LogP contribution in [0.4, 0.5) is 0 Å². The summed E-state index contributed by atoms with van der Waals surface area (Å²) in [5, 5.41) is 4.31. The number of aryl methyl sites for hydroxylation is 2. The monoisotopic (exact) mass is 365 g/mol. The van der Waals surface area contributed by atoms with Gasteiger partial charge in [-0.25, -0.2) is 4.98 Å². The average molecular weight is 365 g/mol. The van der Waals surface area contributed by atoms with Gasteiger partial charge in [0, 0.05) is 43.8 Å². The molecule has 0 radical (unpaired) electrons.